The van der Waals surface area contributed by atoms with Gasteiger partial charge in [0.25, 0.3) is 0 Å². The Balaban J connectivity index is 2.32. The van der Waals surface area contributed by atoms with Gasteiger partial charge in [-0.15, -0.1) is 6.58 Å². The molecule has 0 bridgehead atoms. The molecule has 1 saturated heterocycles. The molecular weight excluding hydrogens is 314 g/mol. The van der Waals surface area contributed by atoms with Crippen molar-refractivity contribution in [3.63, 3.8) is 0 Å². The molecule has 2 fully saturated rings. The zero-order valence-corrected chi connectivity index (χ0v) is 16.4. The summed E-state index contributed by atoms with van der Waals surface area (Å²) >= 11 is 0. The molecule has 0 spiro atoms. The van der Waals surface area contributed by atoms with E-state index < -0.39 is 5.54 Å². The second-order valence-corrected chi connectivity index (χ2v) is 8.84. The molecule has 1 heterocycles. The summed E-state index contributed by atoms with van der Waals surface area (Å²) in [5, 5.41) is 6.21. The Kier molecular flexibility index (Phi) is 6.30. The zero-order valence-electron chi connectivity index (χ0n) is 16.4. The fourth-order valence-electron chi connectivity index (χ4n) is 4.32. The van der Waals surface area contributed by atoms with Crippen LogP contribution in [-0.4, -0.2) is 47.4 Å². The fraction of sp³-hybridized carbons (Fsp3) is 0.800. The second kappa shape index (κ2) is 7.90. The Hall–Kier alpha value is -1.36. The molecule has 2 N–H and O–H groups in total. The van der Waals surface area contributed by atoms with Crippen LogP contribution >= 0.6 is 0 Å². The third kappa shape index (κ3) is 5.06. The smallest absolute Gasteiger partial charge is 0.246 e. The number of allylic oxidation sites excluding steroid dienone is 1. The maximum absolute atomic E-state index is 13.3. The van der Waals surface area contributed by atoms with E-state index in [0.717, 1.165) is 32.5 Å². The summed E-state index contributed by atoms with van der Waals surface area (Å²) in [5.74, 6) is 0.201. The molecule has 1 saturated carbocycles. The summed E-state index contributed by atoms with van der Waals surface area (Å²) in [7, 11) is 0. The Morgan fingerprint density at radius 2 is 1.88 bits per heavy atom. The number of likely N-dealkylation sites (tertiary alicyclic amines) is 1. The number of nitrogens with one attached hydrogen (secondary N) is 2. The molecule has 0 aromatic rings. The number of rotatable bonds is 5. The van der Waals surface area contributed by atoms with E-state index in [2.05, 4.69) is 22.1 Å². The van der Waals surface area contributed by atoms with Gasteiger partial charge in [-0.05, 0) is 71.9 Å². The van der Waals surface area contributed by atoms with Gasteiger partial charge in [-0.1, -0.05) is 6.08 Å². The van der Waals surface area contributed by atoms with Crippen molar-refractivity contribution in [3.8, 4) is 0 Å². The van der Waals surface area contributed by atoms with Crippen molar-refractivity contribution in [1.82, 2.24) is 15.5 Å². The van der Waals surface area contributed by atoms with Crippen molar-refractivity contribution in [1.29, 1.82) is 0 Å². The van der Waals surface area contributed by atoms with E-state index in [-0.39, 0.29) is 29.2 Å². The normalized spacial score (nSPS) is 30.7. The fourth-order valence-corrected chi connectivity index (χ4v) is 4.32. The molecule has 2 amide bonds. The van der Waals surface area contributed by atoms with E-state index in [1.807, 2.05) is 26.8 Å². The lowest BCUT2D eigenvalue weighted by Gasteiger charge is -2.47. The van der Waals surface area contributed by atoms with E-state index in [4.69, 9.17) is 0 Å². The van der Waals surface area contributed by atoms with E-state index >= 15 is 0 Å². The summed E-state index contributed by atoms with van der Waals surface area (Å²) in [6.45, 7) is 14.5. The highest BCUT2D eigenvalue weighted by atomic mass is 16.2. The third-order valence-electron chi connectivity index (χ3n) is 5.47. The Labute approximate surface area is 152 Å². The van der Waals surface area contributed by atoms with Crippen LogP contribution in [0.5, 0.6) is 0 Å². The maximum atomic E-state index is 13.3. The maximum Gasteiger partial charge on any atom is 0.246 e. The first-order valence-electron chi connectivity index (χ1n) is 9.62. The molecule has 142 valence electrons. The zero-order chi connectivity index (χ0) is 18.7. The van der Waals surface area contributed by atoms with Crippen LogP contribution in [0.3, 0.4) is 0 Å². The van der Waals surface area contributed by atoms with Crippen molar-refractivity contribution < 1.29 is 9.59 Å². The first kappa shape index (κ1) is 20.0. The number of nitrogens with zero attached hydrogens (tertiary/aromatic N) is 1. The first-order chi connectivity index (χ1) is 11.7. The van der Waals surface area contributed by atoms with Gasteiger partial charge < -0.3 is 15.5 Å². The molecule has 0 radical (unpaired) electrons. The highest BCUT2D eigenvalue weighted by Gasteiger charge is 2.50. The van der Waals surface area contributed by atoms with Crippen LogP contribution in [0.4, 0.5) is 0 Å². The molecule has 1 aliphatic heterocycles. The minimum atomic E-state index is -0.848. The van der Waals surface area contributed by atoms with E-state index in [1.165, 1.54) is 19.8 Å². The Morgan fingerprint density at radius 1 is 1.24 bits per heavy atom. The summed E-state index contributed by atoms with van der Waals surface area (Å²) < 4.78 is 0. The van der Waals surface area contributed by atoms with Crippen molar-refractivity contribution in [2.75, 3.05) is 19.6 Å². The summed E-state index contributed by atoms with van der Waals surface area (Å²) in [5.41, 5.74) is -1.18. The van der Waals surface area contributed by atoms with Crippen LogP contribution < -0.4 is 10.6 Å². The lowest BCUT2D eigenvalue weighted by atomic mass is 9.67. The number of carbonyl (C=O) groups is 2. The molecule has 1 aliphatic carbocycles. The summed E-state index contributed by atoms with van der Waals surface area (Å²) in [6.07, 6.45) is 6.99. The van der Waals surface area contributed by atoms with Gasteiger partial charge in [0.05, 0.1) is 0 Å². The highest BCUT2D eigenvalue weighted by Crippen LogP contribution is 2.39. The van der Waals surface area contributed by atoms with Crippen LogP contribution in [-0.2, 0) is 9.59 Å². The minimum absolute atomic E-state index is 0.0500. The molecule has 0 aromatic carbocycles. The van der Waals surface area contributed by atoms with Crippen LogP contribution in [0.25, 0.3) is 0 Å². The second-order valence-electron chi connectivity index (χ2n) is 8.84. The van der Waals surface area contributed by atoms with Crippen LogP contribution in [0.2, 0.25) is 0 Å². The van der Waals surface area contributed by atoms with Crippen LogP contribution in [0, 0.1) is 11.8 Å². The summed E-state index contributed by atoms with van der Waals surface area (Å²) in [6, 6.07) is 0. The molecular formula is C20H35N3O2. The van der Waals surface area contributed by atoms with E-state index in [9.17, 15) is 9.59 Å². The molecule has 5 nitrogen and oxygen atoms in total. The Bertz CT molecular complexity index is 506. The van der Waals surface area contributed by atoms with Gasteiger partial charge in [-0.2, -0.15) is 0 Å². The number of carbonyl (C=O) groups excluding carboxylic acids is 2. The van der Waals surface area contributed by atoms with Crippen LogP contribution in [0.1, 0.15) is 59.8 Å². The molecule has 0 aromatic heterocycles. The lowest BCUT2D eigenvalue weighted by molar-refractivity contribution is -0.139. The molecule has 2 aliphatic rings. The van der Waals surface area contributed by atoms with Gasteiger partial charge >= 0.3 is 0 Å². The van der Waals surface area contributed by atoms with Crippen molar-refractivity contribution in [2.24, 2.45) is 11.8 Å². The average molecular weight is 350 g/mol. The predicted molar refractivity (Wildman–Crippen MR) is 101 cm³/mol. The highest BCUT2D eigenvalue weighted by molar-refractivity contribution is 5.92. The molecule has 3 atom stereocenters. The van der Waals surface area contributed by atoms with Gasteiger partial charge in [0.15, 0.2) is 0 Å². The van der Waals surface area contributed by atoms with Crippen LogP contribution in [0.15, 0.2) is 12.7 Å². The number of amides is 2. The molecule has 0 unspecified atom stereocenters. The third-order valence-corrected chi connectivity index (χ3v) is 5.47. The Morgan fingerprint density at radius 3 is 2.40 bits per heavy atom. The van der Waals surface area contributed by atoms with E-state index in [0.29, 0.717) is 6.42 Å². The minimum Gasteiger partial charge on any atom is -0.349 e. The standard InChI is InChI=1S/C20H35N3O2/c1-6-16-9-10-17(14-23-11-7-8-12-23)20(13-16,21-15(2)24)18(25)22-19(3,4)5/h6,16-17H,1,7-14H2,2-5H3,(H,21,24)(H,22,25)/t16-,17-,20+/m0/s1. The van der Waals surface area contributed by atoms with Gasteiger partial charge in [0.1, 0.15) is 5.54 Å². The number of hydrogen-bond acceptors (Lipinski definition) is 3. The van der Waals surface area contributed by atoms with Gasteiger partial charge in [0.2, 0.25) is 11.8 Å². The predicted octanol–water partition coefficient (Wildman–Crippen LogP) is 2.47. The van der Waals surface area contributed by atoms with Crippen molar-refractivity contribution >= 4 is 11.8 Å². The molecule has 25 heavy (non-hydrogen) atoms. The van der Waals surface area contributed by atoms with E-state index in [1.54, 1.807) is 0 Å². The van der Waals surface area contributed by atoms with Crippen molar-refractivity contribution in [3.05, 3.63) is 12.7 Å². The van der Waals surface area contributed by atoms with Gasteiger partial charge in [-0.3, -0.25) is 9.59 Å². The molecule has 2 rings (SSSR count). The van der Waals surface area contributed by atoms with Gasteiger partial charge in [0, 0.05) is 24.9 Å². The largest absolute Gasteiger partial charge is 0.349 e. The average Bonchev–Trinajstić information content (AvgIpc) is 2.99. The summed E-state index contributed by atoms with van der Waals surface area (Å²) in [4.78, 5) is 27.8. The SMILES string of the molecule is C=C[C@H]1CC[C@@H](CN2CCCC2)[C@@](NC(C)=O)(C(=O)NC(C)(C)C)C1. The number of hydrogen-bond donors (Lipinski definition) is 2. The lowest BCUT2D eigenvalue weighted by Crippen LogP contribution is -2.68. The van der Waals surface area contributed by atoms with Gasteiger partial charge in [-0.25, -0.2) is 0 Å². The first-order valence-corrected chi connectivity index (χ1v) is 9.62. The monoisotopic (exact) mass is 349 g/mol. The van der Waals surface area contributed by atoms with Crippen molar-refractivity contribution in [2.45, 2.75) is 70.9 Å². The molecule has 5 heteroatoms. The quantitative estimate of drug-likeness (QED) is 0.750. The topological polar surface area (TPSA) is 61.4 Å².